The van der Waals surface area contributed by atoms with E-state index < -0.39 is 12.2 Å². The highest BCUT2D eigenvalue weighted by Gasteiger charge is 2.08. The third kappa shape index (κ3) is 7.03. The first-order chi connectivity index (χ1) is 9.26. The average Bonchev–Trinajstić information content (AvgIpc) is 2.26. The Morgan fingerprint density at radius 1 is 1.45 bits per heavy atom. The summed E-state index contributed by atoms with van der Waals surface area (Å²) in [6.45, 7) is 2.43. The van der Waals surface area contributed by atoms with Crippen molar-refractivity contribution >= 4 is 23.4 Å². The molecule has 0 aliphatic heterocycles. The lowest BCUT2D eigenvalue weighted by Gasteiger charge is -2.20. The fraction of sp³-hybridized carbons (Fsp3) is 0.400. The Kier molecular flexibility index (Phi) is 5.87. The van der Waals surface area contributed by atoms with E-state index in [2.05, 4.69) is 17.2 Å². The number of halogens is 1. The lowest BCUT2D eigenvalue weighted by atomic mass is 10.3. The highest BCUT2D eigenvalue weighted by molar-refractivity contribution is 6.30. The van der Waals surface area contributed by atoms with Gasteiger partial charge in [-0.1, -0.05) is 23.6 Å². The summed E-state index contributed by atoms with van der Waals surface area (Å²) in [5.41, 5.74) is 0.592. The zero-order chi connectivity index (χ0) is 15.2. The van der Waals surface area contributed by atoms with Crippen molar-refractivity contribution in [3.63, 3.8) is 0 Å². The molecule has 0 saturated heterocycles. The highest BCUT2D eigenvalue weighted by atomic mass is 35.5. The topological polar surface area (TPSA) is 38.3 Å². The maximum atomic E-state index is 11.6. The van der Waals surface area contributed by atoms with Gasteiger partial charge in [0.25, 0.3) is 0 Å². The van der Waals surface area contributed by atoms with Gasteiger partial charge in [-0.15, -0.1) is 0 Å². The minimum atomic E-state index is -0.542. The van der Waals surface area contributed by atoms with E-state index >= 15 is 0 Å². The summed E-state index contributed by atoms with van der Waals surface area (Å²) in [6.07, 6.45) is -1.000. The minimum Gasteiger partial charge on any atom is -0.433 e. The van der Waals surface area contributed by atoms with Crippen molar-refractivity contribution in [1.82, 2.24) is 0 Å². The van der Waals surface area contributed by atoms with Crippen LogP contribution in [0.25, 0.3) is 0 Å². The van der Waals surface area contributed by atoms with Crippen LogP contribution < -0.4 is 5.32 Å². The highest BCUT2D eigenvalue weighted by Crippen LogP contribution is 2.15. The van der Waals surface area contributed by atoms with Crippen molar-refractivity contribution in [2.75, 3.05) is 33.0 Å². The predicted octanol–water partition coefficient (Wildman–Crippen LogP) is 2.99. The van der Waals surface area contributed by atoms with Gasteiger partial charge in [0.15, 0.2) is 6.10 Å². The predicted molar refractivity (Wildman–Crippen MR) is 81.7 cm³/mol. The van der Waals surface area contributed by atoms with Gasteiger partial charge in [0, 0.05) is 10.7 Å². The number of nitrogens with zero attached hydrogens (tertiary/aromatic N) is 1. The molecule has 1 rings (SSSR count). The van der Waals surface area contributed by atoms with Crippen LogP contribution in [0, 0.1) is 11.8 Å². The molecule has 1 N–H and O–H groups in total. The number of anilines is 1. The molecule has 1 amide bonds. The number of quaternary nitrogens is 1. The van der Waals surface area contributed by atoms with Crippen molar-refractivity contribution in [2.45, 2.75) is 13.0 Å². The molecule has 0 heterocycles. The lowest BCUT2D eigenvalue weighted by Crippen LogP contribution is -2.34. The van der Waals surface area contributed by atoms with Crippen LogP contribution in [0.1, 0.15) is 6.92 Å². The largest absolute Gasteiger partial charge is 0.433 e. The molecule has 108 valence electrons. The van der Waals surface area contributed by atoms with Crippen molar-refractivity contribution in [2.24, 2.45) is 0 Å². The van der Waals surface area contributed by atoms with Gasteiger partial charge in [-0.3, -0.25) is 5.32 Å². The van der Waals surface area contributed by atoms with Crippen LogP contribution >= 0.6 is 11.6 Å². The second-order valence-corrected chi connectivity index (χ2v) is 5.89. The summed E-state index contributed by atoms with van der Waals surface area (Å²) in [5, 5.41) is 3.16. The summed E-state index contributed by atoms with van der Waals surface area (Å²) in [5.74, 6) is 5.89. The molecule has 1 aromatic rings. The van der Waals surface area contributed by atoms with Crippen LogP contribution in [0.15, 0.2) is 24.3 Å². The van der Waals surface area contributed by atoms with E-state index in [0.29, 0.717) is 17.3 Å². The summed E-state index contributed by atoms with van der Waals surface area (Å²) in [6, 6.07) is 6.87. The molecule has 0 radical (unpaired) electrons. The Labute approximate surface area is 125 Å². The van der Waals surface area contributed by atoms with Crippen LogP contribution in [-0.4, -0.2) is 44.4 Å². The Morgan fingerprint density at radius 2 is 2.15 bits per heavy atom. The fourth-order valence-corrected chi connectivity index (χ4v) is 1.52. The van der Waals surface area contributed by atoms with Crippen molar-refractivity contribution < 1.29 is 14.0 Å². The van der Waals surface area contributed by atoms with Crippen LogP contribution in [0.2, 0.25) is 5.02 Å². The van der Waals surface area contributed by atoms with Gasteiger partial charge < -0.3 is 9.22 Å². The maximum Gasteiger partial charge on any atom is 0.412 e. The number of amides is 1. The van der Waals surface area contributed by atoms with Gasteiger partial charge in [-0.25, -0.2) is 4.79 Å². The second kappa shape index (κ2) is 7.18. The van der Waals surface area contributed by atoms with Crippen molar-refractivity contribution in [1.29, 1.82) is 0 Å². The second-order valence-electron chi connectivity index (χ2n) is 5.45. The van der Waals surface area contributed by atoms with Gasteiger partial charge in [-0.2, -0.15) is 0 Å². The molecular weight excluding hydrogens is 276 g/mol. The van der Waals surface area contributed by atoms with Gasteiger partial charge >= 0.3 is 6.09 Å². The van der Waals surface area contributed by atoms with E-state index in [1.165, 1.54) is 0 Å². The standard InChI is InChI=1S/C15H19ClN2O2/c1-12(7-6-10-18(2,3)4)20-15(19)17-14-9-5-8-13(16)11-14/h5,8-9,11-12H,10H2,1-4H3/p+1/t12-/m0/s1. The summed E-state index contributed by atoms with van der Waals surface area (Å²) in [7, 11) is 6.14. The third-order valence-electron chi connectivity index (χ3n) is 2.21. The number of carbonyl (C=O) groups excluding carboxylic acids is 1. The van der Waals surface area contributed by atoms with E-state index in [1.807, 2.05) is 21.1 Å². The molecule has 0 aliphatic rings. The molecule has 0 bridgehead atoms. The zero-order valence-corrected chi connectivity index (χ0v) is 13.0. The van der Waals surface area contributed by atoms with Gasteiger partial charge in [-0.05, 0) is 31.0 Å². The molecule has 0 unspecified atom stereocenters. The van der Waals surface area contributed by atoms with E-state index in [9.17, 15) is 4.79 Å². The normalized spacial score (nSPS) is 12.1. The molecule has 0 aliphatic carbocycles. The maximum absolute atomic E-state index is 11.6. The van der Waals surface area contributed by atoms with Crippen LogP contribution in [0.5, 0.6) is 0 Å². The molecule has 1 aromatic carbocycles. The number of carbonyl (C=O) groups is 1. The summed E-state index contributed by atoms with van der Waals surface area (Å²) < 4.78 is 5.88. The smallest absolute Gasteiger partial charge is 0.412 e. The Morgan fingerprint density at radius 3 is 2.75 bits per heavy atom. The van der Waals surface area contributed by atoms with Crippen LogP contribution in [0.4, 0.5) is 10.5 Å². The molecule has 20 heavy (non-hydrogen) atoms. The van der Waals surface area contributed by atoms with Gasteiger partial charge in [0.1, 0.15) is 6.54 Å². The quantitative estimate of drug-likeness (QED) is 0.688. The molecule has 5 heteroatoms. The number of hydrogen-bond acceptors (Lipinski definition) is 2. The minimum absolute atomic E-state index is 0.458. The van der Waals surface area contributed by atoms with Crippen molar-refractivity contribution in [3.8, 4) is 11.8 Å². The summed E-state index contributed by atoms with van der Waals surface area (Å²) >= 11 is 5.83. The SMILES string of the molecule is C[C@@H](C#CC[N+](C)(C)C)OC(=O)Nc1cccc(Cl)c1. The molecule has 4 nitrogen and oxygen atoms in total. The number of hydrogen-bond donors (Lipinski definition) is 1. The number of nitrogens with one attached hydrogen (secondary N) is 1. The van der Waals surface area contributed by atoms with E-state index in [1.54, 1.807) is 31.2 Å². The van der Waals surface area contributed by atoms with Gasteiger partial charge in [0.05, 0.1) is 21.1 Å². The van der Waals surface area contributed by atoms with Crippen molar-refractivity contribution in [3.05, 3.63) is 29.3 Å². The average molecular weight is 296 g/mol. The first-order valence-electron chi connectivity index (χ1n) is 6.28. The molecule has 0 fully saturated rings. The van der Waals surface area contributed by atoms with E-state index in [4.69, 9.17) is 16.3 Å². The Balaban J connectivity index is 2.46. The Hall–Kier alpha value is -1.70. The number of rotatable bonds is 3. The third-order valence-corrected chi connectivity index (χ3v) is 2.45. The molecular formula is C15H20ClN2O2+. The van der Waals surface area contributed by atoms with E-state index in [-0.39, 0.29) is 0 Å². The Bertz CT molecular complexity index is 527. The van der Waals surface area contributed by atoms with Gasteiger partial charge in [0.2, 0.25) is 0 Å². The summed E-state index contributed by atoms with van der Waals surface area (Å²) in [4.78, 5) is 11.6. The monoisotopic (exact) mass is 295 g/mol. The molecule has 1 atom stereocenters. The number of ether oxygens (including phenoxy) is 1. The molecule has 0 spiro atoms. The first-order valence-corrected chi connectivity index (χ1v) is 6.66. The van der Waals surface area contributed by atoms with Crippen LogP contribution in [-0.2, 0) is 4.74 Å². The van der Waals surface area contributed by atoms with E-state index in [0.717, 1.165) is 4.48 Å². The zero-order valence-electron chi connectivity index (χ0n) is 12.2. The lowest BCUT2D eigenvalue weighted by molar-refractivity contribution is -0.862. The number of benzene rings is 1. The first kappa shape index (κ1) is 16.4. The fourth-order valence-electron chi connectivity index (χ4n) is 1.33. The molecule has 0 saturated carbocycles. The van der Waals surface area contributed by atoms with Crippen LogP contribution in [0.3, 0.4) is 0 Å². The molecule has 0 aromatic heterocycles.